The Kier molecular flexibility index (Phi) is 6.60. The second kappa shape index (κ2) is 9.40. The molecule has 4 rings (SSSR count). The number of benzene rings is 2. The maximum Gasteiger partial charge on any atom is 0.253 e. The molecule has 2 amide bonds. The number of carbonyl (C=O) groups is 2. The zero-order chi connectivity index (χ0) is 22.7. The number of nitrogens with one attached hydrogen (secondary N) is 1. The number of rotatable bonds is 5. The quantitative estimate of drug-likeness (QED) is 0.733. The van der Waals surface area contributed by atoms with Crippen molar-refractivity contribution in [3.63, 3.8) is 0 Å². The van der Waals surface area contributed by atoms with Gasteiger partial charge < -0.3 is 10.2 Å². The lowest BCUT2D eigenvalue weighted by Gasteiger charge is -2.31. The third-order valence-electron chi connectivity index (χ3n) is 6.44. The van der Waals surface area contributed by atoms with Gasteiger partial charge in [0.15, 0.2) is 9.84 Å². The van der Waals surface area contributed by atoms with Crippen LogP contribution < -0.4 is 5.32 Å². The van der Waals surface area contributed by atoms with Gasteiger partial charge in [0.25, 0.3) is 5.91 Å². The van der Waals surface area contributed by atoms with Gasteiger partial charge in [-0.2, -0.15) is 0 Å². The van der Waals surface area contributed by atoms with Gasteiger partial charge in [0, 0.05) is 30.3 Å². The van der Waals surface area contributed by atoms with Crippen LogP contribution in [0.4, 0.5) is 10.1 Å². The first-order valence-electron chi connectivity index (χ1n) is 11.0. The lowest BCUT2D eigenvalue weighted by Crippen LogP contribution is -2.41. The average Bonchev–Trinajstić information content (AvgIpc) is 3.36. The van der Waals surface area contributed by atoms with Crippen LogP contribution in [0.3, 0.4) is 0 Å². The highest BCUT2D eigenvalue weighted by molar-refractivity contribution is 7.92. The Balaban J connectivity index is 1.31. The molecule has 1 aliphatic carbocycles. The fraction of sp³-hybridized carbons (Fsp3) is 0.417. The van der Waals surface area contributed by atoms with Crippen molar-refractivity contribution in [1.29, 1.82) is 0 Å². The Morgan fingerprint density at radius 1 is 0.875 bits per heavy atom. The summed E-state index contributed by atoms with van der Waals surface area (Å²) in [5, 5.41) is 2.56. The number of piperidine rings is 1. The van der Waals surface area contributed by atoms with Crippen LogP contribution in [0, 0.1) is 11.7 Å². The van der Waals surface area contributed by atoms with Crippen LogP contribution in [0.1, 0.15) is 48.9 Å². The molecule has 0 aromatic heterocycles. The number of carbonyl (C=O) groups excluding carboxylic acids is 2. The fourth-order valence-electron chi connectivity index (χ4n) is 4.48. The van der Waals surface area contributed by atoms with Gasteiger partial charge >= 0.3 is 0 Å². The topological polar surface area (TPSA) is 83.6 Å². The first-order valence-corrected chi connectivity index (χ1v) is 12.6. The van der Waals surface area contributed by atoms with Gasteiger partial charge in [-0.15, -0.1) is 0 Å². The number of nitrogens with zero attached hydrogens (tertiary/aromatic N) is 1. The van der Waals surface area contributed by atoms with Crippen LogP contribution in [0.25, 0.3) is 0 Å². The summed E-state index contributed by atoms with van der Waals surface area (Å²) < 4.78 is 38.4. The summed E-state index contributed by atoms with van der Waals surface area (Å²) in [5.74, 6) is -0.913. The molecule has 6 nitrogen and oxygen atoms in total. The number of halogens is 1. The van der Waals surface area contributed by atoms with E-state index in [0.717, 1.165) is 12.8 Å². The van der Waals surface area contributed by atoms with Gasteiger partial charge in [0.1, 0.15) is 5.82 Å². The van der Waals surface area contributed by atoms with E-state index in [0.29, 0.717) is 54.9 Å². The minimum absolute atomic E-state index is 0.134. The fourth-order valence-corrected chi connectivity index (χ4v) is 6.34. The maximum atomic E-state index is 13.1. The lowest BCUT2D eigenvalue weighted by molar-refractivity contribution is -0.121. The van der Waals surface area contributed by atoms with Crippen molar-refractivity contribution >= 4 is 27.3 Å². The maximum absolute atomic E-state index is 13.1. The van der Waals surface area contributed by atoms with E-state index in [4.69, 9.17) is 0 Å². The molecule has 1 saturated heterocycles. The van der Waals surface area contributed by atoms with E-state index in [-0.39, 0.29) is 28.8 Å². The minimum Gasteiger partial charge on any atom is -0.339 e. The van der Waals surface area contributed by atoms with Crippen molar-refractivity contribution in [3.8, 4) is 0 Å². The molecule has 8 heteroatoms. The zero-order valence-electron chi connectivity index (χ0n) is 17.8. The molecule has 170 valence electrons. The van der Waals surface area contributed by atoms with Gasteiger partial charge in [-0.3, -0.25) is 9.59 Å². The lowest BCUT2D eigenvalue weighted by atomic mass is 9.95. The normalized spacial score (nSPS) is 18.0. The molecule has 1 heterocycles. The van der Waals surface area contributed by atoms with Crippen molar-refractivity contribution in [2.24, 2.45) is 5.92 Å². The monoisotopic (exact) mass is 458 g/mol. The molecule has 1 aliphatic heterocycles. The molecule has 0 atom stereocenters. The summed E-state index contributed by atoms with van der Waals surface area (Å²) in [7, 11) is -3.32. The smallest absolute Gasteiger partial charge is 0.253 e. The van der Waals surface area contributed by atoms with E-state index in [1.165, 1.54) is 24.3 Å². The standard InChI is InChI=1S/C24H27FN2O4S/c25-19-7-5-18(6-8-19)24(29)27-15-13-17(14-16-27)23(28)26-20-9-11-22(12-10-20)32(30,31)21-3-1-2-4-21/h5-12,17,21H,1-4,13-16H2,(H,26,28). The Labute approximate surface area is 187 Å². The number of hydrogen-bond donors (Lipinski definition) is 1. The van der Waals surface area contributed by atoms with Gasteiger partial charge in [-0.1, -0.05) is 12.8 Å². The molecular weight excluding hydrogens is 431 g/mol. The highest BCUT2D eigenvalue weighted by atomic mass is 32.2. The molecule has 0 bridgehead atoms. The molecule has 1 N–H and O–H groups in total. The molecular formula is C24H27FN2O4S. The summed E-state index contributed by atoms with van der Waals surface area (Å²) in [5.41, 5.74) is 0.993. The van der Waals surface area contributed by atoms with Gasteiger partial charge in [-0.05, 0) is 74.2 Å². The van der Waals surface area contributed by atoms with Crippen LogP contribution in [-0.2, 0) is 14.6 Å². The highest BCUT2D eigenvalue weighted by Crippen LogP contribution is 2.30. The Hall–Kier alpha value is -2.74. The molecule has 0 unspecified atom stereocenters. The summed E-state index contributed by atoms with van der Waals surface area (Å²) in [6, 6.07) is 11.8. The number of hydrogen-bond acceptors (Lipinski definition) is 4. The average molecular weight is 459 g/mol. The van der Waals surface area contributed by atoms with E-state index >= 15 is 0 Å². The number of anilines is 1. The predicted molar refractivity (Wildman–Crippen MR) is 120 cm³/mol. The van der Waals surface area contributed by atoms with Crippen molar-refractivity contribution in [1.82, 2.24) is 4.90 Å². The predicted octanol–water partition coefficient (Wildman–Crippen LogP) is 4.03. The first kappa shape index (κ1) is 22.5. The Bertz CT molecular complexity index is 1070. The van der Waals surface area contributed by atoms with Crippen LogP contribution in [0.5, 0.6) is 0 Å². The van der Waals surface area contributed by atoms with Crippen molar-refractivity contribution in [2.45, 2.75) is 48.7 Å². The zero-order valence-corrected chi connectivity index (χ0v) is 18.6. The SMILES string of the molecule is O=C(Nc1ccc(S(=O)(=O)C2CCCC2)cc1)C1CCN(C(=O)c2ccc(F)cc2)CC1. The molecule has 0 radical (unpaired) electrons. The Morgan fingerprint density at radius 2 is 1.47 bits per heavy atom. The largest absolute Gasteiger partial charge is 0.339 e. The Morgan fingerprint density at radius 3 is 2.06 bits per heavy atom. The minimum atomic E-state index is -3.32. The van der Waals surface area contributed by atoms with Crippen LogP contribution in [-0.4, -0.2) is 43.5 Å². The molecule has 2 aromatic carbocycles. The number of likely N-dealkylation sites (tertiary alicyclic amines) is 1. The third kappa shape index (κ3) is 4.85. The number of sulfone groups is 1. The first-order chi connectivity index (χ1) is 15.3. The van der Waals surface area contributed by atoms with E-state index in [9.17, 15) is 22.4 Å². The van der Waals surface area contributed by atoms with E-state index < -0.39 is 9.84 Å². The molecule has 2 fully saturated rings. The molecule has 32 heavy (non-hydrogen) atoms. The van der Waals surface area contributed by atoms with Crippen molar-refractivity contribution in [2.75, 3.05) is 18.4 Å². The molecule has 0 spiro atoms. The number of amides is 2. The molecule has 2 aromatic rings. The van der Waals surface area contributed by atoms with Gasteiger partial charge in [0.05, 0.1) is 10.1 Å². The van der Waals surface area contributed by atoms with Gasteiger partial charge in [0.2, 0.25) is 5.91 Å². The molecule has 1 saturated carbocycles. The van der Waals surface area contributed by atoms with Crippen molar-refractivity contribution < 1.29 is 22.4 Å². The molecule has 2 aliphatic rings. The van der Waals surface area contributed by atoms with E-state index in [1.54, 1.807) is 29.2 Å². The highest BCUT2D eigenvalue weighted by Gasteiger charge is 2.31. The summed E-state index contributed by atoms with van der Waals surface area (Å²) in [6.07, 6.45) is 4.39. The van der Waals surface area contributed by atoms with Crippen LogP contribution in [0.2, 0.25) is 0 Å². The van der Waals surface area contributed by atoms with E-state index in [2.05, 4.69) is 5.32 Å². The second-order valence-corrected chi connectivity index (χ2v) is 10.8. The van der Waals surface area contributed by atoms with Gasteiger partial charge in [-0.25, -0.2) is 12.8 Å². The summed E-state index contributed by atoms with van der Waals surface area (Å²) in [4.78, 5) is 27.2. The summed E-state index contributed by atoms with van der Waals surface area (Å²) in [6.45, 7) is 0.903. The van der Waals surface area contributed by atoms with Crippen LogP contribution in [0.15, 0.2) is 53.4 Å². The third-order valence-corrected chi connectivity index (χ3v) is 8.71. The summed E-state index contributed by atoms with van der Waals surface area (Å²) >= 11 is 0. The second-order valence-electron chi connectivity index (χ2n) is 8.54. The van der Waals surface area contributed by atoms with E-state index in [1.807, 2.05) is 0 Å². The van der Waals surface area contributed by atoms with Crippen molar-refractivity contribution in [3.05, 3.63) is 59.9 Å². The van der Waals surface area contributed by atoms with Crippen LogP contribution >= 0.6 is 0 Å².